The van der Waals surface area contributed by atoms with Crippen molar-refractivity contribution in [3.63, 3.8) is 0 Å². The highest BCUT2D eigenvalue weighted by Gasteiger charge is 2.24. The van der Waals surface area contributed by atoms with Crippen molar-refractivity contribution in [3.8, 4) is 5.75 Å². The summed E-state index contributed by atoms with van der Waals surface area (Å²) in [7, 11) is 1.69. The molecule has 19 heavy (non-hydrogen) atoms. The molecule has 0 radical (unpaired) electrons. The van der Waals surface area contributed by atoms with Crippen molar-refractivity contribution in [2.75, 3.05) is 7.11 Å². The van der Waals surface area contributed by atoms with Gasteiger partial charge in [-0.1, -0.05) is 51.7 Å². The van der Waals surface area contributed by atoms with Gasteiger partial charge in [-0.05, 0) is 37.0 Å². The molecule has 0 aliphatic rings. The smallest absolute Gasteiger partial charge is 0.118 e. The van der Waals surface area contributed by atoms with Gasteiger partial charge in [-0.25, -0.2) is 0 Å². The van der Waals surface area contributed by atoms with Gasteiger partial charge in [0.25, 0.3) is 0 Å². The predicted molar refractivity (Wildman–Crippen MR) is 82.5 cm³/mol. The number of unbranched alkanes of at least 4 members (excludes halogenated alkanes) is 1. The van der Waals surface area contributed by atoms with Crippen LogP contribution in [0.25, 0.3) is 0 Å². The monoisotopic (exact) mass is 263 g/mol. The molecule has 0 spiro atoms. The second-order valence-corrected chi connectivity index (χ2v) is 5.77. The number of nitrogens with two attached hydrogens (primary N) is 1. The molecule has 0 bridgehead atoms. The molecule has 0 saturated carbocycles. The quantitative estimate of drug-likeness (QED) is 0.750. The Hall–Kier alpha value is -1.02. The molecule has 2 heteroatoms. The highest BCUT2D eigenvalue weighted by molar-refractivity contribution is 5.31. The largest absolute Gasteiger partial charge is 0.497 e. The first-order valence-corrected chi connectivity index (χ1v) is 7.46. The maximum atomic E-state index is 6.54. The molecule has 0 saturated heterocycles. The Kier molecular flexibility index (Phi) is 6.36. The third-order valence-corrected chi connectivity index (χ3v) is 4.01. The standard InChI is InChI=1S/C17H29NO/c1-5-7-8-14(6-2)13-17(3,18)15-9-11-16(19-4)12-10-15/h9-12,14H,5-8,13,18H2,1-4H3. The molecule has 0 heterocycles. The minimum Gasteiger partial charge on any atom is -0.497 e. The van der Waals surface area contributed by atoms with E-state index in [1.165, 1.54) is 31.2 Å². The van der Waals surface area contributed by atoms with E-state index >= 15 is 0 Å². The molecule has 2 N–H and O–H groups in total. The highest BCUT2D eigenvalue weighted by atomic mass is 16.5. The molecule has 0 amide bonds. The molecule has 1 rings (SSSR count). The van der Waals surface area contributed by atoms with Gasteiger partial charge >= 0.3 is 0 Å². The number of methoxy groups -OCH3 is 1. The molecule has 0 aliphatic carbocycles. The normalized spacial score (nSPS) is 15.8. The van der Waals surface area contributed by atoms with Crippen LogP contribution in [0.2, 0.25) is 0 Å². The zero-order chi connectivity index (χ0) is 14.3. The van der Waals surface area contributed by atoms with Gasteiger partial charge in [0.2, 0.25) is 0 Å². The van der Waals surface area contributed by atoms with E-state index in [0.29, 0.717) is 0 Å². The number of rotatable bonds is 8. The molecule has 0 aromatic heterocycles. The van der Waals surface area contributed by atoms with Crippen LogP contribution in [-0.2, 0) is 5.54 Å². The van der Waals surface area contributed by atoms with E-state index in [1.807, 2.05) is 12.1 Å². The van der Waals surface area contributed by atoms with Crippen LogP contribution in [0.1, 0.15) is 58.4 Å². The fraction of sp³-hybridized carbons (Fsp3) is 0.647. The van der Waals surface area contributed by atoms with E-state index in [0.717, 1.165) is 18.1 Å². The Morgan fingerprint density at radius 3 is 2.32 bits per heavy atom. The molecule has 1 aromatic rings. The third kappa shape index (κ3) is 4.87. The van der Waals surface area contributed by atoms with Crippen molar-refractivity contribution in [3.05, 3.63) is 29.8 Å². The minimum atomic E-state index is -0.249. The Balaban J connectivity index is 2.71. The Labute approximate surface area is 118 Å². The summed E-state index contributed by atoms with van der Waals surface area (Å²) in [6, 6.07) is 8.16. The van der Waals surface area contributed by atoms with Crippen molar-refractivity contribution in [2.45, 2.75) is 58.4 Å². The highest BCUT2D eigenvalue weighted by Crippen LogP contribution is 2.30. The van der Waals surface area contributed by atoms with Crippen LogP contribution in [0.5, 0.6) is 5.75 Å². The summed E-state index contributed by atoms with van der Waals surface area (Å²) in [6.45, 7) is 6.66. The maximum Gasteiger partial charge on any atom is 0.118 e. The summed E-state index contributed by atoms with van der Waals surface area (Å²) in [5, 5.41) is 0. The average Bonchev–Trinajstić information content (AvgIpc) is 2.43. The average molecular weight is 263 g/mol. The van der Waals surface area contributed by atoms with Gasteiger partial charge in [-0.2, -0.15) is 0 Å². The van der Waals surface area contributed by atoms with Crippen LogP contribution in [0.15, 0.2) is 24.3 Å². The number of hydrogen-bond acceptors (Lipinski definition) is 2. The number of ether oxygens (including phenoxy) is 1. The molecule has 108 valence electrons. The van der Waals surface area contributed by atoms with Crippen LogP contribution >= 0.6 is 0 Å². The SMILES string of the molecule is CCCCC(CC)CC(C)(N)c1ccc(OC)cc1. The van der Waals surface area contributed by atoms with Crippen LogP contribution in [0.3, 0.4) is 0 Å². The lowest BCUT2D eigenvalue weighted by Crippen LogP contribution is -2.35. The molecule has 2 atom stereocenters. The summed E-state index contributed by atoms with van der Waals surface area (Å²) in [6.07, 6.45) is 6.12. The van der Waals surface area contributed by atoms with E-state index in [-0.39, 0.29) is 5.54 Å². The third-order valence-electron chi connectivity index (χ3n) is 4.01. The molecular formula is C17H29NO. The van der Waals surface area contributed by atoms with Crippen molar-refractivity contribution in [1.82, 2.24) is 0 Å². The lowest BCUT2D eigenvalue weighted by atomic mass is 9.81. The van der Waals surface area contributed by atoms with Gasteiger partial charge < -0.3 is 10.5 Å². The number of benzene rings is 1. The summed E-state index contributed by atoms with van der Waals surface area (Å²) in [4.78, 5) is 0. The first kappa shape index (κ1) is 16.0. The fourth-order valence-electron chi connectivity index (χ4n) is 2.63. The molecule has 1 aromatic carbocycles. The van der Waals surface area contributed by atoms with E-state index in [2.05, 4.69) is 32.9 Å². The second-order valence-electron chi connectivity index (χ2n) is 5.77. The summed E-state index contributed by atoms with van der Waals surface area (Å²) < 4.78 is 5.20. The van der Waals surface area contributed by atoms with Gasteiger partial charge in [0.05, 0.1) is 7.11 Å². The second kappa shape index (κ2) is 7.54. The Morgan fingerprint density at radius 1 is 1.21 bits per heavy atom. The number of hydrogen-bond donors (Lipinski definition) is 1. The lowest BCUT2D eigenvalue weighted by molar-refractivity contribution is 0.315. The van der Waals surface area contributed by atoms with Crippen molar-refractivity contribution in [1.29, 1.82) is 0 Å². The summed E-state index contributed by atoms with van der Waals surface area (Å²) >= 11 is 0. The van der Waals surface area contributed by atoms with Crippen LogP contribution in [-0.4, -0.2) is 7.11 Å². The lowest BCUT2D eigenvalue weighted by Gasteiger charge is -2.30. The molecule has 0 fully saturated rings. The minimum absolute atomic E-state index is 0.249. The fourth-order valence-corrected chi connectivity index (χ4v) is 2.63. The van der Waals surface area contributed by atoms with E-state index < -0.39 is 0 Å². The molecular weight excluding hydrogens is 234 g/mol. The Morgan fingerprint density at radius 2 is 1.84 bits per heavy atom. The van der Waals surface area contributed by atoms with Crippen molar-refractivity contribution in [2.24, 2.45) is 11.7 Å². The van der Waals surface area contributed by atoms with Crippen LogP contribution in [0.4, 0.5) is 0 Å². The zero-order valence-electron chi connectivity index (χ0n) is 12.9. The zero-order valence-corrected chi connectivity index (χ0v) is 12.9. The van der Waals surface area contributed by atoms with Gasteiger partial charge in [-0.3, -0.25) is 0 Å². The van der Waals surface area contributed by atoms with Gasteiger partial charge in [0.15, 0.2) is 0 Å². The molecule has 2 nitrogen and oxygen atoms in total. The van der Waals surface area contributed by atoms with Crippen molar-refractivity contribution < 1.29 is 4.74 Å². The van der Waals surface area contributed by atoms with Gasteiger partial charge in [0.1, 0.15) is 5.75 Å². The van der Waals surface area contributed by atoms with Crippen molar-refractivity contribution >= 4 is 0 Å². The first-order chi connectivity index (χ1) is 9.03. The van der Waals surface area contributed by atoms with E-state index in [9.17, 15) is 0 Å². The maximum absolute atomic E-state index is 6.54. The molecule has 0 aliphatic heterocycles. The van der Waals surface area contributed by atoms with E-state index in [1.54, 1.807) is 7.11 Å². The molecule has 2 unspecified atom stereocenters. The topological polar surface area (TPSA) is 35.2 Å². The summed E-state index contributed by atoms with van der Waals surface area (Å²) in [5.41, 5.74) is 7.49. The van der Waals surface area contributed by atoms with Crippen LogP contribution < -0.4 is 10.5 Å². The summed E-state index contributed by atoms with van der Waals surface area (Å²) in [5.74, 6) is 1.61. The first-order valence-electron chi connectivity index (χ1n) is 7.46. The predicted octanol–water partition coefficient (Wildman–Crippen LogP) is 4.48. The Bertz CT molecular complexity index is 356. The van der Waals surface area contributed by atoms with Gasteiger partial charge in [-0.15, -0.1) is 0 Å². The van der Waals surface area contributed by atoms with Gasteiger partial charge in [0, 0.05) is 5.54 Å². The van der Waals surface area contributed by atoms with E-state index in [4.69, 9.17) is 10.5 Å². The van der Waals surface area contributed by atoms with Crippen LogP contribution in [0, 0.1) is 5.92 Å².